The number of nitrogens with zero attached hydrogens (tertiary/aromatic N) is 2. The molecule has 32 heavy (non-hydrogen) atoms. The van der Waals surface area contributed by atoms with E-state index in [0.717, 1.165) is 36.0 Å². The number of carbonyl (C=O) groups excluding carboxylic acids is 1. The van der Waals surface area contributed by atoms with E-state index in [1.807, 2.05) is 48.5 Å². The fraction of sp³-hybridized carbons (Fsp3) is 0.308. The molecular formula is C26H25ClN2O3. The molecule has 1 N–H and O–H groups in total. The SMILES string of the molecule is O=C(c1cc(-c2ccccc2)c(=O)n2c1-c1cc(Cl)ccc1CC2)N1CCCCC1CO. The number of aromatic nitrogens is 1. The van der Waals surface area contributed by atoms with Crippen LogP contribution in [0.4, 0.5) is 0 Å². The van der Waals surface area contributed by atoms with E-state index >= 15 is 0 Å². The minimum atomic E-state index is -0.202. The molecule has 3 aromatic rings. The Kier molecular flexibility index (Phi) is 5.62. The van der Waals surface area contributed by atoms with Gasteiger partial charge in [-0.1, -0.05) is 48.0 Å². The number of pyridine rings is 1. The van der Waals surface area contributed by atoms with Crippen LogP contribution in [0.1, 0.15) is 35.2 Å². The van der Waals surface area contributed by atoms with Gasteiger partial charge < -0.3 is 14.6 Å². The van der Waals surface area contributed by atoms with Crippen molar-refractivity contribution >= 4 is 17.5 Å². The van der Waals surface area contributed by atoms with Crippen molar-refractivity contribution in [3.8, 4) is 22.4 Å². The van der Waals surface area contributed by atoms with Crippen molar-refractivity contribution in [2.75, 3.05) is 13.2 Å². The van der Waals surface area contributed by atoms with Gasteiger partial charge in [0.25, 0.3) is 11.5 Å². The predicted molar refractivity (Wildman–Crippen MR) is 126 cm³/mol. The van der Waals surface area contributed by atoms with E-state index in [0.29, 0.717) is 41.4 Å². The van der Waals surface area contributed by atoms with E-state index < -0.39 is 0 Å². The Bertz CT molecular complexity index is 1240. The Labute approximate surface area is 191 Å². The van der Waals surface area contributed by atoms with Crippen LogP contribution >= 0.6 is 11.6 Å². The fourth-order valence-electron chi connectivity index (χ4n) is 4.99. The Hall–Kier alpha value is -2.89. The average molecular weight is 449 g/mol. The van der Waals surface area contributed by atoms with Gasteiger partial charge in [-0.25, -0.2) is 0 Å². The van der Waals surface area contributed by atoms with Crippen LogP contribution in [0.5, 0.6) is 0 Å². The van der Waals surface area contributed by atoms with Crippen LogP contribution < -0.4 is 5.56 Å². The zero-order chi connectivity index (χ0) is 22.2. The first kappa shape index (κ1) is 21.0. The Morgan fingerprint density at radius 2 is 1.84 bits per heavy atom. The maximum atomic E-state index is 13.9. The van der Waals surface area contributed by atoms with Crippen LogP contribution in [0.25, 0.3) is 22.4 Å². The maximum absolute atomic E-state index is 13.9. The third-order valence-corrected chi connectivity index (χ3v) is 6.87. The molecule has 0 spiro atoms. The smallest absolute Gasteiger partial charge is 0.258 e. The van der Waals surface area contributed by atoms with Gasteiger partial charge in [0.15, 0.2) is 0 Å². The number of fused-ring (bicyclic) bond motifs is 3. The molecule has 5 rings (SSSR count). The van der Waals surface area contributed by atoms with Gasteiger partial charge in [-0.05, 0) is 55.0 Å². The number of piperidine rings is 1. The summed E-state index contributed by atoms with van der Waals surface area (Å²) in [5.41, 5.74) is 4.23. The molecule has 5 nitrogen and oxygen atoms in total. The zero-order valence-electron chi connectivity index (χ0n) is 17.8. The number of aliphatic hydroxyl groups is 1. The van der Waals surface area contributed by atoms with E-state index in [-0.39, 0.29) is 24.1 Å². The molecule has 0 aliphatic carbocycles. The predicted octanol–water partition coefficient (Wildman–Crippen LogP) is 4.38. The topological polar surface area (TPSA) is 62.5 Å². The van der Waals surface area contributed by atoms with E-state index in [2.05, 4.69) is 0 Å². The number of hydrogen-bond donors (Lipinski definition) is 1. The molecule has 1 unspecified atom stereocenters. The van der Waals surface area contributed by atoms with Gasteiger partial charge in [-0.3, -0.25) is 9.59 Å². The number of carbonyl (C=O) groups is 1. The monoisotopic (exact) mass is 448 g/mol. The highest BCUT2D eigenvalue weighted by Gasteiger charge is 2.32. The lowest BCUT2D eigenvalue weighted by Gasteiger charge is -2.36. The van der Waals surface area contributed by atoms with E-state index in [1.54, 1.807) is 15.5 Å². The van der Waals surface area contributed by atoms with E-state index in [4.69, 9.17) is 11.6 Å². The van der Waals surface area contributed by atoms with Crippen LogP contribution in [0.15, 0.2) is 59.4 Å². The number of hydrogen-bond acceptors (Lipinski definition) is 3. The third kappa shape index (κ3) is 3.55. The number of benzene rings is 2. The fourth-order valence-corrected chi connectivity index (χ4v) is 5.16. The molecule has 164 valence electrons. The molecule has 0 radical (unpaired) electrons. The minimum absolute atomic E-state index is 0.0608. The number of rotatable bonds is 3. The second-order valence-electron chi connectivity index (χ2n) is 8.53. The normalized spacial score (nSPS) is 17.6. The van der Waals surface area contributed by atoms with Gasteiger partial charge in [0.1, 0.15) is 0 Å². The molecule has 6 heteroatoms. The van der Waals surface area contributed by atoms with Crippen LogP contribution in [0.3, 0.4) is 0 Å². The minimum Gasteiger partial charge on any atom is -0.394 e. The summed E-state index contributed by atoms with van der Waals surface area (Å²) in [5.74, 6) is -0.141. The Balaban J connectivity index is 1.76. The van der Waals surface area contributed by atoms with Crippen LogP contribution in [-0.2, 0) is 13.0 Å². The zero-order valence-corrected chi connectivity index (χ0v) is 18.5. The molecule has 1 atom stereocenters. The van der Waals surface area contributed by atoms with Crippen molar-refractivity contribution in [3.05, 3.63) is 81.1 Å². The molecule has 0 saturated carbocycles. The highest BCUT2D eigenvalue weighted by molar-refractivity contribution is 6.31. The molecule has 2 aliphatic rings. The van der Waals surface area contributed by atoms with Gasteiger partial charge in [0.2, 0.25) is 0 Å². The molecule has 2 aromatic carbocycles. The lowest BCUT2D eigenvalue weighted by molar-refractivity contribution is 0.0503. The summed E-state index contributed by atoms with van der Waals surface area (Å²) in [6.45, 7) is 1.05. The molecule has 3 heterocycles. The third-order valence-electron chi connectivity index (χ3n) is 6.64. The van der Waals surface area contributed by atoms with Gasteiger partial charge >= 0.3 is 0 Å². The summed E-state index contributed by atoms with van der Waals surface area (Å²) in [7, 11) is 0. The number of amides is 1. The number of aryl methyl sites for hydroxylation is 1. The van der Waals surface area contributed by atoms with Crippen LogP contribution in [0, 0.1) is 0 Å². The second-order valence-corrected chi connectivity index (χ2v) is 8.96. The summed E-state index contributed by atoms with van der Waals surface area (Å²) in [6.07, 6.45) is 3.39. The lowest BCUT2D eigenvalue weighted by atomic mass is 9.91. The number of halogens is 1. The number of likely N-dealkylation sites (tertiary alicyclic amines) is 1. The van der Waals surface area contributed by atoms with E-state index in [1.165, 1.54) is 0 Å². The first-order valence-electron chi connectivity index (χ1n) is 11.1. The highest BCUT2D eigenvalue weighted by atomic mass is 35.5. The standard InChI is InChI=1S/C26H25ClN2O3/c27-19-10-9-18-11-13-29-24(21(18)14-19)23(26(32)28-12-5-4-8-20(28)16-30)15-22(25(29)31)17-6-2-1-3-7-17/h1-3,6-7,9-10,14-15,20,30H,4-5,8,11-13,16H2. The second kappa shape index (κ2) is 8.57. The lowest BCUT2D eigenvalue weighted by Crippen LogP contribution is -2.46. The molecular weight excluding hydrogens is 424 g/mol. The van der Waals surface area contributed by atoms with Crippen LogP contribution in [-0.4, -0.2) is 39.7 Å². The van der Waals surface area contributed by atoms with Crippen molar-refractivity contribution in [2.45, 2.75) is 38.3 Å². The molecule has 1 amide bonds. The van der Waals surface area contributed by atoms with Gasteiger partial charge in [0, 0.05) is 29.2 Å². The van der Waals surface area contributed by atoms with Crippen molar-refractivity contribution in [2.24, 2.45) is 0 Å². The summed E-state index contributed by atoms with van der Waals surface area (Å²) < 4.78 is 1.73. The highest BCUT2D eigenvalue weighted by Crippen LogP contribution is 2.36. The Morgan fingerprint density at radius 3 is 2.62 bits per heavy atom. The summed E-state index contributed by atoms with van der Waals surface area (Å²) in [6, 6.07) is 16.7. The molecule has 2 aliphatic heterocycles. The molecule has 1 saturated heterocycles. The van der Waals surface area contributed by atoms with Gasteiger partial charge in [-0.15, -0.1) is 0 Å². The van der Waals surface area contributed by atoms with E-state index in [9.17, 15) is 14.7 Å². The molecule has 0 bridgehead atoms. The van der Waals surface area contributed by atoms with Crippen molar-refractivity contribution < 1.29 is 9.90 Å². The van der Waals surface area contributed by atoms with Crippen molar-refractivity contribution in [1.82, 2.24) is 9.47 Å². The molecule has 1 fully saturated rings. The first-order chi connectivity index (χ1) is 15.6. The largest absolute Gasteiger partial charge is 0.394 e. The van der Waals surface area contributed by atoms with Gasteiger partial charge in [0.05, 0.1) is 23.9 Å². The van der Waals surface area contributed by atoms with Crippen LogP contribution in [0.2, 0.25) is 5.02 Å². The maximum Gasteiger partial charge on any atom is 0.258 e. The summed E-state index contributed by atoms with van der Waals surface area (Å²) in [4.78, 5) is 29.2. The van der Waals surface area contributed by atoms with Crippen molar-refractivity contribution in [1.29, 1.82) is 0 Å². The van der Waals surface area contributed by atoms with Crippen molar-refractivity contribution in [3.63, 3.8) is 0 Å². The summed E-state index contributed by atoms with van der Waals surface area (Å²) >= 11 is 6.32. The van der Waals surface area contributed by atoms with Gasteiger partial charge in [-0.2, -0.15) is 0 Å². The first-order valence-corrected chi connectivity index (χ1v) is 11.5. The quantitative estimate of drug-likeness (QED) is 0.646. The molecule has 1 aromatic heterocycles. The summed E-state index contributed by atoms with van der Waals surface area (Å²) in [5, 5.41) is 10.5. The average Bonchev–Trinajstić information content (AvgIpc) is 2.84. The Morgan fingerprint density at radius 1 is 1.03 bits per heavy atom. The number of aliphatic hydroxyl groups excluding tert-OH is 1.